The van der Waals surface area contributed by atoms with Crippen molar-refractivity contribution < 1.29 is 19.8 Å². The molecule has 2 N–H and O–H groups in total. The number of rotatable bonds is 2. The van der Waals surface area contributed by atoms with Crippen LogP contribution in [-0.4, -0.2) is 30.8 Å². The summed E-state index contributed by atoms with van der Waals surface area (Å²) in [5.41, 5.74) is 6.82. The first kappa shape index (κ1) is 20.6. The Balaban J connectivity index is 1.79. The molecule has 1 spiro atoms. The van der Waals surface area contributed by atoms with Crippen molar-refractivity contribution in [3.05, 3.63) is 118 Å². The van der Waals surface area contributed by atoms with Crippen LogP contribution in [0, 0.1) is 0 Å². The standard InChI is InChI=1S/C27H16Br2O4/c28-25(23(30)31)11-9-17-18-10-12-26(29,24(32)33)14-22(18)27(21(17)13-25)19-7-3-1-5-15(19)16-6-2-4-8-20(16)27/h1-14H,(H,30,31)(H,32,33). The average Bonchev–Trinajstić information content (AvgIpc) is 3.25. The van der Waals surface area contributed by atoms with Gasteiger partial charge in [-0.3, -0.25) is 9.59 Å². The van der Waals surface area contributed by atoms with Crippen molar-refractivity contribution in [1.29, 1.82) is 0 Å². The molecule has 0 radical (unpaired) electrons. The molecule has 162 valence electrons. The van der Waals surface area contributed by atoms with Gasteiger partial charge in [-0.15, -0.1) is 0 Å². The molecule has 0 amide bonds. The first-order chi connectivity index (χ1) is 15.7. The maximum absolute atomic E-state index is 12.2. The van der Waals surface area contributed by atoms with Crippen molar-refractivity contribution in [2.45, 2.75) is 14.1 Å². The predicted molar refractivity (Wildman–Crippen MR) is 133 cm³/mol. The Labute approximate surface area is 206 Å². The summed E-state index contributed by atoms with van der Waals surface area (Å²) in [7, 11) is 0. The number of halogens is 2. The molecule has 2 unspecified atom stereocenters. The Morgan fingerprint density at radius 3 is 1.45 bits per heavy atom. The molecule has 6 rings (SSSR count). The third kappa shape index (κ3) is 2.45. The van der Waals surface area contributed by atoms with Gasteiger partial charge in [-0.1, -0.05) is 105 Å². The van der Waals surface area contributed by atoms with Crippen LogP contribution in [0.1, 0.15) is 11.1 Å². The highest BCUT2D eigenvalue weighted by Crippen LogP contribution is 2.65. The quantitative estimate of drug-likeness (QED) is 0.460. The Morgan fingerprint density at radius 1 is 0.667 bits per heavy atom. The minimum atomic E-state index is -1.36. The molecule has 4 nitrogen and oxygen atoms in total. The van der Waals surface area contributed by atoms with Crippen LogP contribution in [0.4, 0.5) is 0 Å². The van der Waals surface area contributed by atoms with Gasteiger partial charge < -0.3 is 10.2 Å². The Kier molecular flexibility index (Phi) is 4.10. The van der Waals surface area contributed by atoms with Crippen LogP contribution >= 0.6 is 31.9 Å². The van der Waals surface area contributed by atoms with Crippen molar-refractivity contribution in [2.75, 3.05) is 0 Å². The number of hydrogen-bond donors (Lipinski definition) is 2. The van der Waals surface area contributed by atoms with Crippen LogP contribution in [0.5, 0.6) is 0 Å². The summed E-state index contributed by atoms with van der Waals surface area (Å²) in [4.78, 5) is 24.4. The zero-order valence-electron chi connectivity index (χ0n) is 17.0. The molecule has 4 aliphatic rings. The van der Waals surface area contributed by atoms with E-state index in [1.54, 1.807) is 24.3 Å². The third-order valence-electron chi connectivity index (χ3n) is 6.98. The first-order valence-corrected chi connectivity index (χ1v) is 12.0. The van der Waals surface area contributed by atoms with E-state index in [9.17, 15) is 19.8 Å². The lowest BCUT2D eigenvalue weighted by atomic mass is 9.66. The van der Waals surface area contributed by atoms with E-state index in [0.717, 1.165) is 44.5 Å². The Morgan fingerprint density at radius 2 is 1.06 bits per heavy atom. The molecule has 0 aromatic heterocycles. The van der Waals surface area contributed by atoms with E-state index in [1.165, 1.54) is 0 Å². The third-order valence-corrected chi connectivity index (χ3v) is 8.65. The van der Waals surface area contributed by atoms with E-state index in [4.69, 9.17) is 0 Å². The second kappa shape index (κ2) is 6.55. The summed E-state index contributed by atoms with van der Waals surface area (Å²) >= 11 is 6.85. The highest BCUT2D eigenvalue weighted by molar-refractivity contribution is 9.10. The normalized spacial score (nSPS) is 27.5. The van der Waals surface area contributed by atoms with Crippen molar-refractivity contribution in [2.24, 2.45) is 0 Å². The predicted octanol–water partition coefficient (Wildman–Crippen LogP) is 5.69. The van der Waals surface area contributed by atoms with Gasteiger partial charge in [-0.2, -0.15) is 0 Å². The van der Waals surface area contributed by atoms with Crippen molar-refractivity contribution in [1.82, 2.24) is 0 Å². The van der Waals surface area contributed by atoms with Crippen LogP contribution in [0.3, 0.4) is 0 Å². The fourth-order valence-corrected chi connectivity index (χ4v) is 6.30. The summed E-state index contributed by atoms with van der Waals surface area (Å²) < 4.78 is -2.72. The van der Waals surface area contributed by atoms with Gasteiger partial charge in [0.05, 0.1) is 5.41 Å². The van der Waals surface area contributed by atoms with Gasteiger partial charge in [-0.25, -0.2) is 0 Å². The second-order valence-electron chi connectivity index (χ2n) is 8.60. The van der Waals surface area contributed by atoms with Gasteiger partial charge in [0.25, 0.3) is 0 Å². The van der Waals surface area contributed by atoms with E-state index in [-0.39, 0.29) is 0 Å². The van der Waals surface area contributed by atoms with Gasteiger partial charge >= 0.3 is 11.9 Å². The minimum absolute atomic E-state index is 0.823. The number of carboxylic acid groups (broad SMARTS) is 2. The van der Waals surface area contributed by atoms with Gasteiger partial charge in [-0.05, 0) is 56.7 Å². The van der Waals surface area contributed by atoms with Crippen molar-refractivity contribution >= 4 is 43.8 Å². The molecule has 0 heterocycles. The molecule has 33 heavy (non-hydrogen) atoms. The molecular weight excluding hydrogens is 548 g/mol. The summed E-state index contributed by atoms with van der Waals surface area (Å²) in [6.07, 6.45) is 10.5. The van der Waals surface area contributed by atoms with Gasteiger partial charge in [0.15, 0.2) is 8.65 Å². The number of carboxylic acids is 2. The highest BCUT2D eigenvalue weighted by Gasteiger charge is 2.57. The summed E-state index contributed by atoms with van der Waals surface area (Å²) in [6.45, 7) is 0. The Hall–Kier alpha value is -2.96. The molecular formula is C27H16Br2O4. The van der Waals surface area contributed by atoms with Crippen molar-refractivity contribution in [3.8, 4) is 11.1 Å². The molecule has 0 saturated carbocycles. The van der Waals surface area contributed by atoms with Crippen LogP contribution < -0.4 is 0 Å². The summed E-state index contributed by atoms with van der Waals surface area (Å²) in [6, 6.07) is 16.2. The monoisotopic (exact) mass is 562 g/mol. The topological polar surface area (TPSA) is 74.6 Å². The summed E-state index contributed by atoms with van der Waals surface area (Å²) in [5.74, 6) is -2.02. The molecule has 6 heteroatoms. The van der Waals surface area contributed by atoms with Crippen LogP contribution in [-0.2, 0) is 15.0 Å². The van der Waals surface area contributed by atoms with E-state index in [2.05, 4.69) is 56.1 Å². The molecule has 2 aromatic carbocycles. The number of aliphatic carboxylic acids is 2. The summed E-state index contributed by atoms with van der Waals surface area (Å²) in [5, 5.41) is 20.0. The maximum atomic E-state index is 12.2. The van der Waals surface area contributed by atoms with E-state index < -0.39 is 26.0 Å². The molecule has 0 bridgehead atoms. The molecule has 4 aliphatic carbocycles. The van der Waals surface area contributed by atoms with Crippen LogP contribution in [0.25, 0.3) is 11.1 Å². The fraction of sp³-hybridized carbons (Fsp3) is 0.111. The molecule has 0 saturated heterocycles. The smallest absolute Gasteiger partial charge is 0.328 e. The number of hydrogen-bond acceptors (Lipinski definition) is 2. The van der Waals surface area contributed by atoms with Gasteiger partial charge in [0, 0.05) is 0 Å². The number of allylic oxidation sites excluding steroid dienone is 6. The van der Waals surface area contributed by atoms with E-state index >= 15 is 0 Å². The van der Waals surface area contributed by atoms with Gasteiger partial charge in [0.1, 0.15) is 0 Å². The SMILES string of the molecule is O=C(O)C1(Br)C=CC2=C3C=CC(Br)(C(=O)O)C=C3C3(C2=C1)c1ccccc1-c1ccccc13. The largest absolute Gasteiger partial charge is 0.480 e. The lowest BCUT2D eigenvalue weighted by Gasteiger charge is -2.36. The number of alkyl halides is 2. The molecule has 2 atom stereocenters. The Bertz CT molecular complexity index is 1350. The second-order valence-corrected chi connectivity index (χ2v) is 11.2. The van der Waals surface area contributed by atoms with E-state index in [1.807, 2.05) is 36.4 Å². The van der Waals surface area contributed by atoms with E-state index in [0.29, 0.717) is 0 Å². The number of carbonyl (C=O) groups is 2. The molecule has 2 aromatic rings. The zero-order valence-corrected chi connectivity index (χ0v) is 20.2. The first-order valence-electron chi connectivity index (χ1n) is 10.4. The lowest BCUT2D eigenvalue weighted by molar-refractivity contribution is -0.138. The molecule has 0 aliphatic heterocycles. The zero-order chi connectivity index (χ0) is 23.2. The van der Waals surface area contributed by atoms with Crippen molar-refractivity contribution in [3.63, 3.8) is 0 Å². The van der Waals surface area contributed by atoms with Crippen LogP contribution in [0.15, 0.2) is 107 Å². The minimum Gasteiger partial charge on any atom is -0.480 e. The fourth-order valence-electron chi connectivity index (χ4n) is 5.58. The number of fused-ring (bicyclic) bond motifs is 9. The number of benzene rings is 2. The van der Waals surface area contributed by atoms with Gasteiger partial charge in [0.2, 0.25) is 0 Å². The average molecular weight is 564 g/mol. The maximum Gasteiger partial charge on any atom is 0.328 e. The lowest BCUT2D eigenvalue weighted by Crippen LogP contribution is -2.36. The van der Waals surface area contributed by atoms with Crippen LogP contribution in [0.2, 0.25) is 0 Å². The molecule has 0 fully saturated rings. The highest BCUT2D eigenvalue weighted by atomic mass is 79.9.